The Morgan fingerprint density at radius 1 is 1.42 bits per heavy atom. The molecule has 0 saturated carbocycles. The Balaban J connectivity index is 2.54. The van der Waals surface area contributed by atoms with E-state index in [1.807, 2.05) is 0 Å². The van der Waals surface area contributed by atoms with Crippen LogP contribution in [0.15, 0.2) is 20.0 Å². The van der Waals surface area contributed by atoms with Crippen molar-refractivity contribution in [2.24, 2.45) is 20.0 Å². The highest BCUT2D eigenvalue weighted by molar-refractivity contribution is 6.44. The summed E-state index contributed by atoms with van der Waals surface area (Å²) in [6.45, 7) is 0. The first-order valence-electron chi connectivity index (χ1n) is 3.18. The quantitative estimate of drug-likeness (QED) is 0.558. The molecule has 2 aliphatic heterocycles. The molecule has 0 aromatic carbocycles. The van der Waals surface area contributed by atoms with Crippen molar-refractivity contribution in [3.05, 3.63) is 0 Å². The number of carboxylic acids is 1. The van der Waals surface area contributed by atoms with Crippen LogP contribution in [0.5, 0.6) is 0 Å². The molecule has 2 rings (SSSR count). The smallest absolute Gasteiger partial charge is 0.361 e. The Morgan fingerprint density at radius 2 is 2.17 bits per heavy atom. The Labute approximate surface area is 67.1 Å². The molecule has 0 bridgehead atoms. The van der Waals surface area contributed by atoms with Crippen LogP contribution in [0.4, 0.5) is 0 Å². The number of carboxylic acid groups (broad SMARTS) is 1. The van der Waals surface area contributed by atoms with Crippen molar-refractivity contribution in [1.82, 2.24) is 0 Å². The summed E-state index contributed by atoms with van der Waals surface area (Å²) < 4.78 is 0. The van der Waals surface area contributed by atoms with Gasteiger partial charge >= 0.3 is 5.97 Å². The Hall–Kier alpha value is -1.85. The lowest BCUT2D eigenvalue weighted by atomic mass is 10.1. The van der Waals surface area contributed by atoms with Gasteiger partial charge in [-0.1, -0.05) is 0 Å². The Morgan fingerprint density at radius 3 is 2.83 bits per heavy atom. The van der Waals surface area contributed by atoms with E-state index in [4.69, 9.17) is 5.11 Å². The van der Waals surface area contributed by atoms with E-state index >= 15 is 0 Å². The van der Waals surface area contributed by atoms with E-state index in [-0.39, 0.29) is 5.71 Å². The van der Waals surface area contributed by atoms with Crippen molar-refractivity contribution < 1.29 is 9.90 Å². The van der Waals surface area contributed by atoms with Gasteiger partial charge in [0.2, 0.25) is 0 Å². The van der Waals surface area contributed by atoms with Crippen molar-refractivity contribution >= 4 is 30.6 Å². The lowest BCUT2D eigenvalue weighted by Gasteiger charge is -2.17. The number of carbonyl (C=O) groups is 1. The molecule has 0 saturated heterocycles. The molecule has 1 N–H and O–H groups in total. The zero-order valence-corrected chi connectivity index (χ0v) is 5.88. The van der Waals surface area contributed by atoms with Gasteiger partial charge in [0, 0.05) is 0 Å². The second kappa shape index (κ2) is 2.07. The van der Waals surface area contributed by atoms with Gasteiger partial charge in [-0.05, 0) is 0 Å². The van der Waals surface area contributed by atoms with Crippen LogP contribution < -0.4 is 0 Å². The number of hydrogen-bond acceptors (Lipinski definition) is 5. The fraction of sp³-hybridized carbons (Fsp3) is 0.167. The van der Waals surface area contributed by atoms with E-state index in [0.717, 1.165) is 6.34 Å². The molecule has 60 valence electrons. The molecule has 0 radical (unpaired) electrons. The van der Waals surface area contributed by atoms with Gasteiger partial charge in [0.15, 0.2) is 0 Å². The van der Waals surface area contributed by atoms with E-state index in [1.54, 1.807) is 0 Å². The van der Waals surface area contributed by atoms with Crippen LogP contribution in [0.25, 0.3) is 0 Å². The van der Waals surface area contributed by atoms with Crippen LogP contribution in [0.3, 0.4) is 0 Å². The van der Waals surface area contributed by atoms with Gasteiger partial charge in [0.1, 0.15) is 18.4 Å². The zero-order chi connectivity index (χ0) is 8.60. The molecule has 0 amide bonds. The molecular weight excluding hydrogens is 160 g/mol. The van der Waals surface area contributed by atoms with Crippen LogP contribution in [-0.2, 0) is 4.79 Å². The lowest BCUT2D eigenvalue weighted by Crippen LogP contribution is -2.43. The third-order valence-corrected chi connectivity index (χ3v) is 1.60. The minimum atomic E-state index is -1.55. The standard InChI is InChI=1S/C6H4N4O2/c11-5(12)6-4(8-3-10-6)1-7-2-9-6/h1-3H,(H,11,12). The maximum atomic E-state index is 10.8. The maximum Gasteiger partial charge on any atom is 0.361 e. The first-order chi connectivity index (χ1) is 5.76. The number of aliphatic imine (C=N–C) groups is 4. The zero-order valence-electron chi connectivity index (χ0n) is 5.88. The highest BCUT2D eigenvalue weighted by atomic mass is 16.4. The summed E-state index contributed by atoms with van der Waals surface area (Å²) in [5, 5.41) is 8.83. The predicted molar refractivity (Wildman–Crippen MR) is 43.3 cm³/mol. The summed E-state index contributed by atoms with van der Waals surface area (Å²) in [6, 6.07) is 0. The van der Waals surface area contributed by atoms with Gasteiger partial charge in [-0.2, -0.15) is 0 Å². The normalized spacial score (nSPS) is 30.2. The second-order valence-electron chi connectivity index (χ2n) is 2.26. The summed E-state index contributed by atoms with van der Waals surface area (Å²) in [5.74, 6) is -1.14. The van der Waals surface area contributed by atoms with Crippen LogP contribution in [0.2, 0.25) is 0 Å². The Kier molecular flexibility index (Phi) is 1.18. The molecule has 0 spiro atoms. The fourth-order valence-corrected chi connectivity index (χ4v) is 0.994. The average Bonchev–Trinajstić information content (AvgIpc) is 2.48. The minimum absolute atomic E-state index is 0.248. The molecule has 0 aromatic rings. The largest absolute Gasteiger partial charge is 0.478 e. The van der Waals surface area contributed by atoms with Gasteiger partial charge in [-0.3, -0.25) is 0 Å². The van der Waals surface area contributed by atoms with E-state index in [9.17, 15) is 4.79 Å². The fourth-order valence-electron chi connectivity index (χ4n) is 0.994. The van der Waals surface area contributed by atoms with Crippen LogP contribution in [0, 0.1) is 0 Å². The number of hydrogen-bond donors (Lipinski definition) is 1. The molecule has 2 heterocycles. The number of fused-ring (bicyclic) bond motifs is 1. The van der Waals surface area contributed by atoms with Gasteiger partial charge in [0.25, 0.3) is 5.66 Å². The van der Waals surface area contributed by atoms with E-state index in [1.165, 1.54) is 12.6 Å². The van der Waals surface area contributed by atoms with E-state index < -0.39 is 11.6 Å². The van der Waals surface area contributed by atoms with E-state index in [0.29, 0.717) is 0 Å². The molecule has 2 aliphatic rings. The summed E-state index contributed by atoms with van der Waals surface area (Å²) in [4.78, 5) is 25.5. The molecule has 0 aromatic heterocycles. The summed E-state index contributed by atoms with van der Waals surface area (Å²) in [6.07, 6.45) is 3.68. The van der Waals surface area contributed by atoms with Gasteiger partial charge in [-0.25, -0.2) is 24.8 Å². The maximum absolute atomic E-state index is 10.8. The van der Waals surface area contributed by atoms with Crippen molar-refractivity contribution in [2.45, 2.75) is 5.66 Å². The summed E-state index contributed by atoms with van der Waals surface area (Å²) in [7, 11) is 0. The number of nitrogens with zero attached hydrogens (tertiary/aromatic N) is 4. The van der Waals surface area contributed by atoms with Crippen molar-refractivity contribution in [3.8, 4) is 0 Å². The lowest BCUT2D eigenvalue weighted by molar-refractivity contribution is -0.140. The molecule has 0 aliphatic carbocycles. The molecule has 6 nitrogen and oxygen atoms in total. The number of rotatable bonds is 1. The van der Waals surface area contributed by atoms with Gasteiger partial charge in [0.05, 0.1) is 6.21 Å². The first kappa shape index (κ1) is 6.84. The van der Waals surface area contributed by atoms with Gasteiger partial charge < -0.3 is 5.11 Å². The monoisotopic (exact) mass is 164 g/mol. The Bertz CT molecular complexity index is 355. The van der Waals surface area contributed by atoms with Crippen molar-refractivity contribution in [2.75, 3.05) is 0 Å². The van der Waals surface area contributed by atoms with Crippen molar-refractivity contribution in [3.63, 3.8) is 0 Å². The SMILES string of the molecule is O=C(O)C12N=CN=CC1=NC=N2. The van der Waals surface area contributed by atoms with Crippen LogP contribution >= 0.6 is 0 Å². The predicted octanol–water partition coefficient (Wildman–Crippen LogP) is -0.637. The average molecular weight is 164 g/mol. The highest BCUT2D eigenvalue weighted by Gasteiger charge is 2.45. The van der Waals surface area contributed by atoms with Crippen molar-refractivity contribution in [1.29, 1.82) is 0 Å². The third kappa shape index (κ3) is 0.659. The first-order valence-corrected chi connectivity index (χ1v) is 3.18. The third-order valence-electron chi connectivity index (χ3n) is 1.60. The minimum Gasteiger partial charge on any atom is -0.478 e. The number of aliphatic carboxylic acids is 1. The summed E-state index contributed by atoms with van der Waals surface area (Å²) in [5.41, 5.74) is -1.31. The highest BCUT2D eigenvalue weighted by Crippen LogP contribution is 2.20. The molecular formula is C6H4N4O2. The molecule has 0 fully saturated rings. The van der Waals surface area contributed by atoms with Crippen LogP contribution in [0.1, 0.15) is 0 Å². The molecule has 1 atom stereocenters. The summed E-state index contributed by atoms with van der Waals surface area (Å²) >= 11 is 0. The topological polar surface area (TPSA) is 86.7 Å². The van der Waals surface area contributed by atoms with Gasteiger partial charge in [-0.15, -0.1) is 0 Å². The molecule has 12 heavy (non-hydrogen) atoms. The molecule has 6 heteroatoms. The van der Waals surface area contributed by atoms with Crippen LogP contribution in [-0.4, -0.2) is 41.3 Å². The second-order valence-corrected chi connectivity index (χ2v) is 2.26. The van der Waals surface area contributed by atoms with E-state index in [2.05, 4.69) is 20.0 Å². The molecule has 1 unspecified atom stereocenters.